The molecule has 0 unspecified atom stereocenters. The maximum Gasteiger partial charge on any atom is 0.245 e. The highest BCUT2D eigenvalue weighted by molar-refractivity contribution is 5.72. The maximum absolute atomic E-state index is 10.7. The minimum absolute atomic E-state index is 0.00110. The topological polar surface area (TPSA) is 37.9 Å². The van der Waals surface area contributed by atoms with Crippen molar-refractivity contribution in [1.29, 1.82) is 0 Å². The molecule has 1 aromatic rings. The molecule has 0 aliphatic heterocycles. The first-order valence-corrected chi connectivity index (χ1v) is 5.01. The van der Waals surface area contributed by atoms with Gasteiger partial charge in [0.05, 0.1) is 6.54 Å². The highest BCUT2D eigenvalue weighted by atomic mass is 16.1. The number of hydrogen-bond acceptors (Lipinski definition) is 1. The number of imidazole rings is 1. The number of nitrogens with zero attached hydrogens (tertiary/aromatic N) is 2. The van der Waals surface area contributed by atoms with Crippen molar-refractivity contribution in [3.8, 4) is 0 Å². The second kappa shape index (κ2) is 5.42. The molecular formula is C10H18N3O+. The summed E-state index contributed by atoms with van der Waals surface area (Å²) in [6.45, 7) is 5.29. The van der Waals surface area contributed by atoms with Crippen LogP contribution in [-0.2, 0) is 18.0 Å². The first-order chi connectivity index (χ1) is 6.72. The SMILES string of the molecule is CCCCn1cc[n+](CNC(C)=O)c1. The van der Waals surface area contributed by atoms with Gasteiger partial charge in [0.15, 0.2) is 6.67 Å². The Bertz CT molecular complexity index is 293. The zero-order chi connectivity index (χ0) is 10.4. The zero-order valence-electron chi connectivity index (χ0n) is 8.86. The van der Waals surface area contributed by atoms with Gasteiger partial charge in [-0.1, -0.05) is 13.3 Å². The van der Waals surface area contributed by atoms with E-state index in [4.69, 9.17) is 0 Å². The van der Waals surface area contributed by atoms with Gasteiger partial charge in [-0.2, -0.15) is 0 Å². The van der Waals surface area contributed by atoms with Crippen molar-refractivity contribution < 1.29 is 9.36 Å². The van der Waals surface area contributed by atoms with Crippen LogP contribution in [0.1, 0.15) is 26.7 Å². The fourth-order valence-electron chi connectivity index (χ4n) is 1.21. The monoisotopic (exact) mass is 196 g/mol. The molecule has 4 heteroatoms. The summed E-state index contributed by atoms with van der Waals surface area (Å²) in [5.74, 6) is -0.00110. The molecular weight excluding hydrogens is 178 g/mol. The Morgan fingerprint density at radius 3 is 3.00 bits per heavy atom. The lowest BCUT2D eigenvalue weighted by Crippen LogP contribution is -2.41. The predicted octanol–water partition coefficient (Wildman–Crippen LogP) is 0.669. The number of rotatable bonds is 5. The Morgan fingerprint density at radius 2 is 2.36 bits per heavy atom. The van der Waals surface area contributed by atoms with Crippen LogP contribution in [0.4, 0.5) is 0 Å². The van der Waals surface area contributed by atoms with Crippen molar-refractivity contribution in [2.75, 3.05) is 0 Å². The predicted molar refractivity (Wildman–Crippen MR) is 53.4 cm³/mol. The first-order valence-electron chi connectivity index (χ1n) is 5.01. The number of aryl methyl sites for hydroxylation is 1. The molecule has 1 aromatic heterocycles. The fourth-order valence-corrected chi connectivity index (χ4v) is 1.21. The molecule has 0 saturated carbocycles. The summed E-state index contributed by atoms with van der Waals surface area (Å²) < 4.78 is 4.09. The van der Waals surface area contributed by atoms with E-state index in [0.29, 0.717) is 6.67 Å². The van der Waals surface area contributed by atoms with Crippen LogP contribution < -0.4 is 9.88 Å². The summed E-state index contributed by atoms with van der Waals surface area (Å²) in [6, 6.07) is 0. The number of carbonyl (C=O) groups excluding carboxylic acids is 1. The maximum atomic E-state index is 10.7. The van der Waals surface area contributed by atoms with E-state index in [9.17, 15) is 4.79 Å². The van der Waals surface area contributed by atoms with E-state index in [1.54, 1.807) is 0 Å². The number of nitrogens with one attached hydrogen (secondary N) is 1. The zero-order valence-corrected chi connectivity index (χ0v) is 8.86. The van der Waals surface area contributed by atoms with Crippen LogP contribution in [0.5, 0.6) is 0 Å². The smallest absolute Gasteiger partial charge is 0.245 e. The summed E-state index contributed by atoms with van der Waals surface area (Å²) in [5.41, 5.74) is 0. The van der Waals surface area contributed by atoms with Crippen molar-refractivity contribution in [2.24, 2.45) is 0 Å². The largest absolute Gasteiger partial charge is 0.320 e. The molecule has 1 N–H and O–H groups in total. The summed E-state index contributed by atoms with van der Waals surface area (Å²) in [6.07, 6.45) is 8.38. The van der Waals surface area contributed by atoms with Crippen molar-refractivity contribution in [3.63, 3.8) is 0 Å². The molecule has 0 bridgehead atoms. The van der Waals surface area contributed by atoms with E-state index in [1.165, 1.54) is 19.8 Å². The van der Waals surface area contributed by atoms with E-state index in [0.717, 1.165) is 6.54 Å². The van der Waals surface area contributed by atoms with Gasteiger partial charge < -0.3 is 5.32 Å². The third kappa shape index (κ3) is 3.60. The molecule has 1 heterocycles. The highest BCUT2D eigenvalue weighted by Gasteiger charge is 2.02. The second-order valence-corrected chi connectivity index (χ2v) is 3.41. The first kappa shape index (κ1) is 10.8. The normalized spacial score (nSPS) is 10.1. The van der Waals surface area contributed by atoms with Crippen LogP contribution in [0.2, 0.25) is 0 Å². The summed E-state index contributed by atoms with van der Waals surface area (Å²) in [5, 5.41) is 2.74. The van der Waals surface area contributed by atoms with Gasteiger partial charge in [0, 0.05) is 6.92 Å². The van der Waals surface area contributed by atoms with E-state index in [1.807, 2.05) is 23.3 Å². The van der Waals surface area contributed by atoms with Crippen LogP contribution in [0.3, 0.4) is 0 Å². The lowest BCUT2D eigenvalue weighted by Gasteiger charge is -1.96. The molecule has 0 aliphatic rings. The third-order valence-corrected chi connectivity index (χ3v) is 2.03. The Balaban J connectivity index is 2.38. The number of aromatic nitrogens is 2. The average Bonchev–Trinajstić information content (AvgIpc) is 2.59. The Hall–Kier alpha value is -1.32. The molecule has 0 atom stereocenters. The molecule has 0 fully saturated rings. The average molecular weight is 196 g/mol. The number of unbranched alkanes of at least 4 members (excludes halogenated alkanes) is 1. The quantitative estimate of drug-likeness (QED) is 0.691. The van der Waals surface area contributed by atoms with Crippen LogP contribution in [0.15, 0.2) is 18.7 Å². The standard InChI is InChI=1S/C10H17N3O/c1-3-4-5-12-6-7-13(9-12)8-11-10(2)14/h6-7,9H,3-5,8H2,1-2H3/p+1. The van der Waals surface area contributed by atoms with Crippen LogP contribution in [0, 0.1) is 0 Å². The van der Waals surface area contributed by atoms with Crippen molar-refractivity contribution >= 4 is 5.91 Å². The molecule has 1 rings (SSSR count). The second-order valence-electron chi connectivity index (χ2n) is 3.41. The molecule has 0 radical (unpaired) electrons. The van der Waals surface area contributed by atoms with Gasteiger partial charge >= 0.3 is 0 Å². The minimum atomic E-state index is -0.00110. The summed E-state index contributed by atoms with van der Waals surface area (Å²) in [7, 11) is 0. The molecule has 0 aromatic carbocycles. The number of carbonyl (C=O) groups is 1. The van der Waals surface area contributed by atoms with Gasteiger partial charge in [0.1, 0.15) is 12.4 Å². The highest BCUT2D eigenvalue weighted by Crippen LogP contribution is 1.92. The van der Waals surface area contributed by atoms with Gasteiger partial charge in [-0.25, -0.2) is 9.13 Å². The van der Waals surface area contributed by atoms with Crippen LogP contribution >= 0.6 is 0 Å². The van der Waals surface area contributed by atoms with Gasteiger partial charge in [-0.15, -0.1) is 0 Å². The number of hydrogen-bond donors (Lipinski definition) is 1. The van der Waals surface area contributed by atoms with Crippen LogP contribution in [0.25, 0.3) is 0 Å². The van der Waals surface area contributed by atoms with E-state index < -0.39 is 0 Å². The molecule has 1 amide bonds. The van der Waals surface area contributed by atoms with Crippen molar-refractivity contribution in [2.45, 2.75) is 39.9 Å². The van der Waals surface area contributed by atoms with E-state index in [2.05, 4.69) is 16.8 Å². The molecule has 0 saturated heterocycles. The van der Waals surface area contributed by atoms with E-state index in [-0.39, 0.29) is 5.91 Å². The number of amides is 1. The van der Waals surface area contributed by atoms with Gasteiger partial charge in [-0.05, 0) is 6.42 Å². The molecule has 0 aliphatic carbocycles. The van der Waals surface area contributed by atoms with Crippen molar-refractivity contribution in [1.82, 2.24) is 9.88 Å². The molecule has 0 spiro atoms. The van der Waals surface area contributed by atoms with Crippen molar-refractivity contribution in [3.05, 3.63) is 18.7 Å². The summed E-state index contributed by atoms with van der Waals surface area (Å²) in [4.78, 5) is 10.7. The third-order valence-electron chi connectivity index (χ3n) is 2.03. The van der Waals surface area contributed by atoms with Crippen LogP contribution in [-0.4, -0.2) is 10.5 Å². The Morgan fingerprint density at radius 1 is 1.57 bits per heavy atom. The lowest BCUT2D eigenvalue weighted by atomic mass is 10.3. The molecule has 4 nitrogen and oxygen atoms in total. The summed E-state index contributed by atoms with van der Waals surface area (Å²) >= 11 is 0. The fraction of sp³-hybridized carbons (Fsp3) is 0.600. The van der Waals surface area contributed by atoms with Gasteiger partial charge in [0.25, 0.3) is 0 Å². The minimum Gasteiger partial charge on any atom is -0.320 e. The Labute approximate surface area is 84.5 Å². The van der Waals surface area contributed by atoms with Gasteiger partial charge in [-0.3, -0.25) is 4.79 Å². The van der Waals surface area contributed by atoms with Gasteiger partial charge in [0.2, 0.25) is 12.2 Å². The van der Waals surface area contributed by atoms with E-state index >= 15 is 0 Å². The Kier molecular flexibility index (Phi) is 4.16. The lowest BCUT2D eigenvalue weighted by molar-refractivity contribution is -0.699. The molecule has 14 heavy (non-hydrogen) atoms. The molecule has 78 valence electrons.